The van der Waals surface area contributed by atoms with Crippen molar-refractivity contribution in [3.63, 3.8) is 0 Å². The fourth-order valence-electron chi connectivity index (χ4n) is 9.44. The van der Waals surface area contributed by atoms with E-state index in [1.165, 1.54) is 6.42 Å². The molecule has 1 spiro atoms. The molecule has 1 aliphatic carbocycles. The van der Waals surface area contributed by atoms with Crippen molar-refractivity contribution in [2.45, 2.75) is 70.1 Å². The smallest absolute Gasteiger partial charge is 0.262 e. The molecule has 0 radical (unpaired) electrons. The van der Waals surface area contributed by atoms with E-state index in [1.54, 1.807) is 56.4 Å². The summed E-state index contributed by atoms with van der Waals surface area (Å²) in [4.78, 5) is 73.2. The minimum atomic E-state index is -0.991. The largest absolute Gasteiger partial charge is 0.496 e. The zero-order valence-corrected chi connectivity index (χ0v) is 33.5. The van der Waals surface area contributed by atoms with Crippen LogP contribution in [0.25, 0.3) is 21.9 Å². The molecule has 3 fully saturated rings. The molecule has 304 valence electrons. The number of fused-ring (bicyclic) bond motifs is 2. The van der Waals surface area contributed by atoms with E-state index in [-0.39, 0.29) is 41.0 Å². The third kappa shape index (κ3) is 7.46. The first-order chi connectivity index (χ1) is 28.0. The van der Waals surface area contributed by atoms with Crippen molar-refractivity contribution >= 4 is 34.4 Å². The van der Waals surface area contributed by atoms with E-state index in [1.807, 2.05) is 24.4 Å². The Bertz CT molecular complexity index is 2330. The van der Waals surface area contributed by atoms with Crippen LogP contribution in [0.1, 0.15) is 77.6 Å². The highest BCUT2D eigenvalue weighted by molar-refractivity contribution is 6.23. The zero-order chi connectivity index (χ0) is 40.7. The summed E-state index contributed by atoms with van der Waals surface area (Å²) in [6.07, 6.45) is 11.7. The van der Waals surface area contributed by atoms with Crippen LogP contribution in [0, 0.1) is 5.41 Å². The highest BCUT2D eigenvalue weighted by atomic mass is 16.5. The highest BCUT2D eigenvalue weighted by Gasteiger charge is 2.48. The van der Waals surface area contributed by atoms with Gasteiger partial charge in [-0.3, -0.25) is 39.2 Å². The number of pyridine rings is 2. The molecule has 2 saturated heterocycles. The first kappa shape index (κ1) is 39.2. The Balaban J connectivity index is 0.819. The number of nitrogens with zero attached hydrogens (tertiary/aromatic N) is 5. The number of rotatable bonds is 13. The molecule has 0 bridgehead atoms. The van der Waals surface area contributed by atoms with Gasteiger partial charge in [-0.25, -0.2) is 0 Å². The molecule has 58 heavy (non-hydrogen) atoms. The first-order valence-corrected chi connectivity index (χ1v) is 20.1. The molecule has 1 atom stereocenters. The van der Waals surface area contributed by atoms with Gasteiger partial charge in [-0.1, -0.05) is 0 Å². The van der Waals surface area contributed by atoms with Crippen LogP contribution in [-0.4, -0.2) is 107 Å². The third-order valence-electron chi connectivity index (χ3n) is 12.4. The number of likely N-dealkylation sites (tertiary alicyclic amines) is 1. The average molecular weight is 791 g/mol. The summed E-state index contributed by atoms with van der Waals surface area (Å²) in [5, 5.41) is 3.62. The number of aryl methyl sites for hydroxylation is 1. The van der Waals surface area contributed by atoms with Crippen molar-refractivity contribution in [1.29, 1.82) is 0 Å². The molecule has 2 aromatic carbocycles. The summed E-state index contributed by atoms with van der Waals surface area (Å²) in [6.45, 7) is 4.75. The van der Waals surface area contributed by atoms with Crippen LogP contribution in [0.4, 0.5) is 0 Å². The quantitative estimate of drug-likeness (QED) is 0.150. The minimum absolute atomic E-state index is 0.0335. The number of imide groups is 2. The van der Waals surface area contributed by atoms with Crippen LogP contribution < -0.4 is 25.1 Å². The van der Waals surface area contributed by atoms with Crippen molar-refractivity contribution in [3.8, 4) is 28.4 Å². The number of carbonyl (C=O) groups is 4. The first-order valence-electron chi connectivity index (χ1n) is 20.1. The van der Waals surface area contributed by atoms with Gasteiger partial charge in [0, 0.05) is 50.7 Å². The Labute approximate surface area is 337 Å². The highest BCUT2D eigenvalue weighted by Crippen LogP contribution is 2.49. The summed E-state index contributed by atoms with van der Waals surface area (Å²) < 4.78 is 19.7. The lowest BCUT2D eigenvalue weighted by molar-refractivity contribution is -0.136. The Morgan fingerprint density at radius 2 is 1.69 bits per heavy atom. The maximum Gasteiger partial charge on any atom is 0.262 e. The maximum atomic E-state index is 13.3. The number of methoxy groups -OCH3 is 2. The summed E-state index contributed by atoms with van der Waals surface area (Å²) in [6, 6.07) is 9.85. The number of hydrogen-bond acceptors (Lipinski definition) is 11. The average Bonchev–Trinajstić information content (AvgIpc) is 3.45. The number of piperidine rings is 2. The van der Waals surface area contributed by atoms with Gasteiger partial charge in [-0.15, -0.1) is 0 Å². The second-order valence-electron chi connectivity index (χ2n) is 16.4. The topological polar surface area (TPSA) is 153 Å². The summed E-state index contributed by atoms with van der Waals surface area (Å²) in [7, 11) is 7.21. The van der Waals surface area contributed by atoms with Crippen LogP contribution in [0.5, 0.6) is 17.2 Å². The number of amides is 4. The number of ether oxygens (including phenoxy) is 3. The molecule has 8 rings (SSSR count). The predicted octanol–water partition coefficient (Wildman–Crippen LogP) is 4.55. The van der Waals surface area contributed by atoms with E-state index in [2.05, 4.69) is 27.1 Å². The van der Waals surface area contributed by atoms with Gasteiger partial charge in [0.25, 0.3) is 17.4 Å². The van der Waals surface area contributed by atoms with Gasteiger partial charge >= 0.3 is 0 Å². The van der Waals surface area contributed by atoms with E-state index >= 15 is 0 Å². The van der Waals surface area contributed by atoms with Gasteiger partial charge in [-0.2, -0.15) is 0 Å². The number of nitrogens with one attached hydrogen (secondary N) is 1. The maximum absolute atomic E-state index is 13.3. The lowest BCUT2D eigenvalue weighted by Crippen LogP contribution is -2.54. The fraction of sp³-hybridized carbons (Fsp3) is 0.455. The van der Waals surface area contributed by atoms with Crippen LogP contribution in [-0.2, 0) is 23.2 Å². The molecule has 5 heterocycles. The standard InChI is InChI=1S/C44H50N6O8/c1-47(24-35-37(56-3)18-27(19-38(35)57-4)34-25-48(2)41(53)33-23-45-14-12-30(33)34)15-5-6-16-49-17-7-13-44(26-49)21-29(22-44)58-28-8-9-31-32(20-28)43(55)50(42(31)54)36-10-11-39(51)46-40(36)52/h8-9,12,14,18-20,23,25,29,36H,5-7,10-11,13,15-17,21-22,24,26H2,1-4H3,(H,46,51,52)/t29?,36-,44?/m1/s1. The van der Waals surface area contributed by atoms with Gasteiger partial charge in [0.05, 0.1) is 42.4 Å². The Kier molecular flexibility index (Phi) is 10.8. The molecule has 1 saturated carbocycles. The molecule has 0 unspecified atom stereocenters. The van der Waals surface area contributed by atoms with Crippen LogP contribution in [0.3, 0.4) is 0 Å². The van der Waals surface area contributed by atoms with Crippen molar-refractivity contribution < 1.29 is 33.4 Å². The van der Waals surface area contributed by atoms with Crippen molar-refractivity contribution in [2.24, 2.45) is 12.5 Å². The molecule has 3 aliphatic heterocycles. The second kappa shape index (κ2) is 16.0. The van der Waals surface area contributed by atoms with Crippen LogP contribution >= 0.6 is 0 Å². The molecule has 4 aromatic rings. The lowest BCUT2D eigenvalue weighted by atomic mass is 9.62. The predicted molar refractivity (Wildman–Crippen MR) is 216 cm³/mol. The minimum Gasteiger partial charge on any atom is -0.496 e. The summed E-state index contributed by atoms with van der Waals surface area (Å²) >= 11 is 0. The van der Waals surface area contributed by atoms with Gasteiger partial charge in [0.2, 0.25) is 11.8 Å². The van der Waals surface area contributed by atoms with Gasteiger partial charge in [0.1, 0.15) is 23.3 Å². The molecular formula is C44H50N6O8. The molecular weight excluding hydrogens is 741 g/mol. The molecule has 4 aliphatic rings. The van der Waals surface area contributed by atoms with Crippen molar-refractivity contribution in [3.05, 3.63) is 82.0 Å². The Morgan fingerprint density at radius 1 is 0.931 bits per heavy atom. The third-order valence-corrected chi connectivity index (χ3v) is 12.4. The van der Waals surface area contributed by atoms with E-state index in [0.29, 0.717) is 17.7 Å². The SMILES string of the molecule is COc1cc(-c2cn(C)c(=O)c3cnccc23)cc(OC)c1CN(C)CCCCN1CCCC2(CC(Oc3ccc4c(c3)C(=O)N([C@@H]3CCC(=O)NC3=O)C4=O)C2)C1. The number of unbranched alkanes of at least 4 members (excludes halogenated alkanes) is 1. The Morgan fingerprint density at radius 3 is 2.43 bits per heavy atom. The van der Waals surface area contributed by atoms with Crippen LogP contribution in [0.15, 0.2) is 59.8 Å². The zero-order valence-electron chi connectivity index (χ0n) is 33.5. The van der Waals surface area contributed by atoms with Crippen LogP contribution in [0.2, 0.25) is 0 Å². The van der Waals surface area contributed by atoms with E-state index in [0.717, 1.165) is 96.8 Å². The number of aromatic nitrogens is 2. The number of hydrogen-bond donors (Lipinski definition) is 1. The summed E-state index contributed by atoms with van der Waals surface area (Å²) in [5.74, 6) is -0.0594. The summed E-state index contributed by atoms with van der Waals surface area (Å²) in [5.41, 5.74) is 3.38. The molecule has 2 aromatic heterocycles. The lowest BCUT2D eigenvalue weighted by Gasteiger charge is -2.52. The number of carbonyl (C=O) groups excluding carboxylic acids is 4. The molecule has 1 N–H and O–H groups in total. The normalized spacial score (nSPS) is 22.1. The van der Waals surface area contributed by atoms with Crippen molar-refractivity contribution in [2.75, 3.05) is 47.4 Å². The number of benzene rings is 2. The van der Waals surface area contributed by atoms with E-state index < -0.39 is 29.7 Å². The molecule has 14 nitrogen and oxygen atoms in total. The van der Waals surface area contributed by atoms with Gasteiger partial charge in [-0.05, 0) is 124 Å². The fourth-order valence-corrected chi connectivity index (χ4v) is 9.44. The van der Waals surface area contributed by atoms with Gasteiger partial charge < -0.3 is 28.6 Å². The van der Waals surface area contributed by atoms with Gasteiger partial charge in [0.15, 0.2) is 0 Å². The molecule has 14 heteroatoms. The van der Waals surface area contributed by atoms with Crippen molar-refractivity contribution in [1.82, 2.24) is 29.6 Å². The Hall–Kier alpha value is -5.60. The monoisotopic (exact) mass is 790 g/mol. The van der Waals surface area contributed by atoms with E-state index in [4.69, 9.17) is 14.2 Å². The molecule has 4 amide bonds. The van der Waals surface area contributed by atoms with E-state index in [9.17, 15) is 24.0 Å². The second-order valence-corrected chi connectivity index (χ2v) is 16.4.